The Labute approximate surface area is 143 Å². The van der Waals surface area contributed by atoms with Crippen molar-refractivity contribution in [1.29, 1.82) is 0 Å². The van der Waals surface area contributed by atoms with E-state index in [0.29, 0.717) is 5.75 Å². The van der Waals surface area contributed by atoms with Crippen LogP contribution in [0.3, 0.4) is 0 Å². The number of hydrogen-bond acceptors (Lipinski definition) is 3. The average Bonchev–Trinajstić information content (AvgIpc) is 2.49. The number of phenolic OH excluding ortho intramolecular Hbond substituents is 1. The van der Waals surface area contributed by atoms with Crippen molar-refractivity contribution in [1.82, 2.24) is 0 Å². The van der Waals surface area contributed by atoms with Gasteiger partial charge in [0, 0.05) is 37.8 Å². The third-order valence-electron chi connectivity index (χ3n) is 3.87. The van der Waals surface area contributed by atoms with Crippen molar-refractivity contribution in [3.63, 3.8) is 0 Å². The predicted octanol–water partition coefficient (Wildman–Crippen LogP) is 4.31. The molecule has 128 valence electrons. The largest absolute Gasteiger partial charge is 0.506 e. The quantitative estimate of drug-likeness (QED) is 0.621. The molecule has 0 unspecified atom stereocenters. The number of hydrogen-bond donors (Lipinski definition) is 1. The molecule has 0 fully saturated rings. The van der Waals surface area contributed by atoms with Crippen LogP contribution in [0.4, 0.5) is 11.4 Å². The van der Waals surface area contributed by atoms with E-state index in [1.807, 2.05) is 6.07 Å². The Balaban J connectivity index is 3.50. The molecule has 1 aromatic carbocycles. The van der Waals surface area contributed by atoms with Gasteiger partial charge in [-0.25, -0.2) is 0 Å². The highest BCUT2D eigenvalue weighted by atomic mass is 28.3. The van der Waals surface area contributed by atoms with E-state index < -0.39 is 8.07 Å². The summed E-state index contributed by atoms with van der Waals surface area (Å²) in [6.45, 7) is 18.8. The van der Waals surface area contributed by atoms with E-state index in [1.165, 1.54) is 0 Å². The molecule has 0 heterocycles. The molecule has 0 amide bonds. The molecule has 1 N–H and O–H groups in total. The smallest absolute Gasteiger partial charge is 0.141 e. The van der Waals surface area contributed by atoms with Crippen LogP contribution in [0.5, 0.6) is 5.75 Å². The minimum absolute atomic E-state index is 0.342. The lowest BCUT2D eigenvalue weighted by Gasteiger charge is -2.27. The van der Waals surface area contributed by atoms with Crippen LogP contribution in [0.15, 0.2) is 12.1 Å². The van der Waals surface area contributed by atoms with Crippen LogP contribution in [-0.2, 0) is 0 Å². The maximum Gasteiger partial charge on any atom is 0.141 e. The normalized spacial score (nSPS) is 10.9. The van der Waals surface area contributed by atoms with Crippen LogP contribution in [-0.4, -0.2) is 39.4 Å². The van der Waals surface area contributed by atoms with E-state index in [-0.39, 0.29) is 0 Å². The van der Waals surface area contributed by atoms with Crippen molar-refractivity contribution in [3.8, 4) is 17.2 Å². The standard InChI is InChI=1S/C19H32N2OSi/c1-8-20(9-2)17-15-19(22)18(21(10-3)11-4)14-16(17)12-13-23(5,6)7/h14-15,22H,8-11H2,1-7H3. The van der Waals surface area contributed by atoms with Gasteiger partial charge in [0.15, 0.2) is 0 Å². The molecule has 4 heteroatoms. The average molecular weight is 333 g/mol. The van der Waals surface area contributed by atoms with Crippen molar-refractivity contribution in [3.05, 3.63) is 17.7 Å². The van der Waals surface area contributed by atoms with Crippen molar-refractivity contribution < 1.29 is 5.11 Å². The molecular formula is C19H32N2OSi. The molecular weight excluding hydrogens is 300 g/mol. The molecule has 0 aliphatic heterocycles. The third kappa shape index (κ3) is 5.21. The van der Waals surface area contributed by atoms with Gasteiger partial charge in [-0.2, -0.15) is 0 Å². The van der Waals surface area contributed by atoms with Crippen molar-refractivity contribution in [2.45, 2.75) is 47.3 Å². The molecule has 0 atom stereocenters. The number of nitrogens with zero attached hydrogens (tertiary/aromatic N) is 2. The minimum atomic E-state index is -1.45. The highest BCUT2D eigenvalue weighted by molar-refractivity contribution is 6.83. The molecule has 1 rings (SSSR count). The van der Waals surface area contributed by atoms with Gasteiger partial charge >= 0.3 is 0 Å². The number of phenols is 1. The van der Waals surface area contributed by atoms with Crippen LogP contribution in [0.2, 0.25) is 19.6 Å². The molecule has 0 saturated carbocycles. The van der Waals surface area contributed by atoms with E-state index in [2.05, 4.69) is 74.7 Å². The fraction of sp³-hybridized carbons (Fsp3) is 0.579. The van der Waals surface area contributed by atoms with Crippen LogP contribution in [0, 0.1) is 11.5 Å². The maximum absolute atomic E-state index is 10.5. The summed E-state index contributed by atoms with van der Waals surface area (Å²) in [5.41, 5.74) is 6.41. The van der Waals surface area contributed by atoms with E-state index in [1.54, 1.807) is 0 Å². The van der Waals surface area contributed by atoms with Gasteiger partial charge in [-0.15, -0.1) is 5.54 Å². The summed E-state index contributed by atoms with van der Waals surface area (Å²) >= 11 is 0. The maximum atomic E-state index is 10.5. The molecule has 0 radical (unpaired) electrons. The highest BCUT2D eigenvalue weighted by Gasteiger charge is 2.16. The van der Waals surface area contributed by atoms with Gasteiger partial charge in [-0.3, -0.25) is 0 Å². The minimum Gasteiger partial charge on any atom is -0.506 e. The molecule has 0 aromatic heterocycles. The van der Waals surface area contributed by atoms with E-state index in [9.17, 15) is 5.11 Å². The molecule has 3 nitrogen and oxygen atoms in total. The lowest BCUT2D eigenvalue weighted by Crippen LogP contribution is -2.25. The van der Waals surface area contributed by atoms with Gasteiger partial charge in [0.2, 0.25) is 0 Å². The van der Waals surface area contributed by atoms with Gasteiger partial charge in [0.25, 0.3) is 0 Å². The Morgan fingerprint density at radius 3 is 1.78 bits per heavy atom. The van der Waals surface area contributed by atoms with Gasteiger partial charge in [-0.1, -0.05) is 25.6 Å². The fourth-order valence-corrected chi connectivity index (χ4v) is 3.07. The predicted molar refractivity (Wildman–Crippen MR) is 105 cm³/mol. The number of anilines is 2. The van der Waals surface area contributed by atoms with Crippen LogP contribution >= 0.6 is 0 Å². The van der Waals surface area contributed by atoms with Crippen LogP contribution in [0.1, 0.15) is 33.3 Å². The molecule has 0 saturated heterocycles. The Morgan fingerprint density at radius 1 is 0.870 bits per heavy atom. The van der Waals surface area contributed by atoms with E-state index >= 15 is 0 Å². The molecule has 0 spiro atoms. The second-order valence-corrected chi connectivity index (χ2v) is 11.5. The van der Waals surface area contributed by atoms with Gasteiger partial charge in [-0.05, 0) is 33.8 Å². The monoisotopic (exact) mass is 332 g/mol. The second-order valence-electron chi connectivity index (χ2n) is 6.70. The third-order valence-corrected chi connectivity index (χ3v) is 4.75. The first-order valence-corrected chi connectivity index (χ1v) is 12.2. The zero-order valence-corrected chi connectivity index (χ0v) is 16.8. The summed E-state index contributed by atoms with van der Waals surface area (Å²) in [4.78, 5) is 4.42. The van der Waals surface area contributed by atoms with Crippen LogP contribution in [0.25, 0.3) is 0 Å². The van der Waals surface area contributed by atoms with Gasteiger partial charge < -0.3 is 14.9 Å². The Bertz CT molecular complexity index is 574. The van der Waals surface area contributed by atoms with Crippen molar-refractivity contribution >= 4 is 19.4 Å². The van der Waals surface area contributed by atoms with Gasteiger partial charge in [0.1, 0.15) is 13.8 Å². The number of aromatic hydroxyl groups is 1. The number of rotatable bonds is 6. The summed E-state index contributed by atoms with van der Waals surface area (Å²) < 4.78 is 0. The summed E-state index contributed by atoms with van der Waals surface area (Å²) in [6.07, 6.45) is 0. The highest BCUT2D eigenvalue weighted by Crippen LogP contribution is 2.35. The first kappa shape index (κ1) is 19.4. The SMILES string of the molecule is CCN(CC)c1cc(C#C[Si](C)(C)C)c(N(CC)CC)cc1O. The van der Waals surface area contributed by atoms with Crippen molar-refractivity contribution in [2.75, 3.05) is 36.0 Å². The second kappa shape index (κ2) is 8.31. The zero-order chi connectivity index (χ0) is 17.6. The zero-order valence-electron chi connectivity index (χ0n) is 15.8. The molecule has 0 aliphatic carbocycles. The van der Waals surface area contributed by atoms with Crippen LogP contribution < -0.4 is 9.80 Å². The number of benzene rings is 1. The lowest BCUT2D eigenvalue weighted by atomic mass is 10.1. The summed E-state index contributed by atoms with van der Waals surface area (Å²) in [5.74, 6) is 3.75. The Hall–Kier alpha value is -1.60. The summed E-state index contributed by atoms with van der Waals surface area (Å²) in [6, 6.07) is 3.94. The van der Waals surface area contributed by atoms with E-state index in [0.717, 1.165) is 43.1 Å². The Morgan fingerprint density at radius 2 is 1.35 bits per heavy atom. The molecule has 1 aromatic rings. The summed E-state index contributed by atoms with van der Waals surface area (Å²) in [7, 11) is -1.45. The topological polar surface area (TPSA) is 26.7 Å². The molecule has 23 heavy (non-hydrogen) atoms. The fourth-order valence-electron chi connectivity index (χ4n) is 2.56. The first-order valence-electron chi connectivity index (χ1n) is 8.67. The molecule has 0 aliphatic rings. The molecule has 0 bridgehead atoms. The first-order chi connectivity index (χ1) is 10.8. The van der Waals surface area contributed by atoms with Gasteiger partial charge in [0.05, 0.1) is 11.4 Å². The van der Waals surface area contributed by atoms with Crippen molar-refractivity contribution in [2.24, 2.45) is 0 Å². The van der Waals surface area contributed by atoms with E-state index in [4.69, 9.17) is 0 Å². The Kier molecular flexibility index (Phi) is 7.02. The lowest BCUT2D eigenvalue weighted by molar-refractivity contribution is 0.474. The summed E-state index contributed by atoms with van der Waals surface area (Å²) in [5, 5.41) is 10.5.